The molecule has 2 atom stereocenters. The van der Waals surface area contributed by atoms with Gasteiger partial charge in [0.25, 0.3) is 0 Å². The van der Waals surface area contributed by atoms with Crippen LogP contribution in [0.2, 0.25) is 0 Å². The summed E-state index contributed by atoms with van der Waals surface area (Å²) in [4.78, 5) is 25.6. The molecule has 3 rings (SSSR count). The second kappa shape index (κ2) is 6.30. The fourth-order valence-corrected chi connectivity index (χ4v) is 4.78. The smallest absolute Gasteiger partial charge is 0.317 e. The van der Waals surface area contributed by atoms with Crippen molar-refractivity contribution in [2.24, 2.45) is 16.5 Å². The summed E-state index contributed by atoms with van der Waals surface area (Å²) in [6.45, 7) is 0.608. The molecule has 2 aliphatic rings. The highest BCUT2D eigenvalue weighted by molar-refractivity contribution is 7.89. The normalized spacial score (nSPS) is 25.6. The van der Waals surface area contributed by atoms with Crippen molar-refractivity contribution in [2.45, 2.75) is 30.7 Å². The summed E-state index contributed by atoms with van der Waals surface area (Å²) in [5, 5.41) is 17.4. The largest absolute Gasteiger partial charge is 0.481 e. The molecular weight excluding hydrogens is 346 g/mol. The van der Waals surface area contributed by atoms with Gasteiger partial charge in [-0.2, -0.15) is 0 Å². The maximum Gasteiger partial charge on any atom is 0.317 e. The average molecular weight is 367 g/mol. The molecule has 4 N–H and O–H groups in total. The lowest BCUT2D eigenvalue weighted by Crippen LogP contribution is -2.41. The number of amides is 2. The zero-order chi connectivity index (χ0) is 18.2. The molecule has 25 heavy (non-hydrogen) atoms. The number of hydrogen-bond donors (Lipinski definition) is 3. The number of rotatable bonds is 4. The van der Waals surface area contributed by atoms with E-state index < -0.39 is 21.4 Å². The van der Waals surface area contributed by atoms with Crippen molar-refractivity contribution in [1.29, 1.82) is 0 Å². The number of likely N-dealkylation sites (tertiary alicyclic amines) is 1. The Morgan fingerprint density at radius 1 is 1.36 bits per heavy atom. The third-order valence-corrected chi connectivity index (χ3v) is 6.30. The Bertz CT molecular complexity index is 810. The molecule has 1 aliphatic heterocycles. The van der Waals surface area contributed by atoms with E-state index in [2.05, 4.69) is 5.32 Å². The van der Waals surface area contributed by atoms with Crippen molar-refractivity contribution in [3.63, 3.8) is 0 Å². The minimum absolute atomic E-state index is 0.00662. The molecule has 1 aromatic rings. The summed E-state index contributed by atoms with van der Waals surface area (Å²) < 4.78 is 23.2. The zero-order valence-electron chi connectivity index (χ0n) is 13.6. The molecule has 2 fully saturated rings. The average Bonchev–Trinajstić information content (AvgIpc) is 3.10. The van der Waals surface area contributed by atoms with Crippen molar-refractivity contribution in [2.75, 3.05) is 13.1 Å². The van der Waals surface area contributed by atoms with E-state index in [1.165, 1.54) is 11.0 Å². The summed E-state index contributed by atoms with van der Waals surface area (Å²) in [7, 11) is -3.88. The van der Waals surface area contributed by atoms with E-state index in [1.807, 2.05) is 0 Å². The van der Waals surface area contributed by atoms with E-state index in [4.69, 9.17) is 5.14 Å². The van der Waals surface area contributed by atoms with Gasteiger partial charge in [-0.1, -0.05) is 24.6 Å². The van der Waals surface area contributed by atoms with E-state index >= 15 is 0 Å². The number of nitrogens with zero attached hydrogens (tertiary/aromatic N) is 1. The monoisotopic (exact) mass is 367 g/mol. The van der Waals surface area contributed by atoms with Crippen molar-refractivity contribution in [1.82, 2.24) is 10.2 Å². The lowest BCUT2D eigenvalue weighted by Gasteiger charge is -2.23. The number of hydrogen-bond acceptors (Lipinski definition) is 4. The van der Waals surface area contributed by atoms with Gasteiger partial charge in [0.1, 0.15) is 0 Å². The molecule has 136 valence electrons. The standard InChI is InChI=1S/C16H21N3O5S/c17-25(23,24)13-6-2-1-4-11(13)8-18-15(22)19-9-12-5-3-7-16(12,10-19)14(20)21/h1-2,4,6,12H,3,5,7-10H2,(H,18,22)(H,20,21)(H2,17,23,24)/t12-,16+/m0/s1. The SMILES string of the molecule is NS(=O)(=O)c1ccccc1CNC(=O)N1C[C@@H]2CCC[C@@]2(C(=O)O)C1. The molecule has 0 bridgehead atoms. The number of sulfonamides is 1. The number of carbonyl (C=O) groups excluding carboxylic acids is 1. The van der Waals surface area contributed by atoms with Gasteiger partial charge >= 0.3 is 12.0 Å². The van der Waals surface area contributed by atoms with Gasteiger partial charge in [0.2, 0.25) is 10.0 Å². The number of fused-ring (bicyclic) bond motifs is 1. The van der Waals surface area contributed by atoms with Crippen LogP contribution in [0, 0.1) is 11.3 Å². The Balaban J connectivity index is 1.68. The Morgan fingerprint density at radius 3 is 2.72 bits per heavy atom. The Morgan fingerprint density at radius 2 is 2.08 bits per heavy atom. The Labute approximate surface area is 146 Å². The molecule has 1 aliphatic carbocycles. The predicted molar refractivity (Wildman–Crippen MR) is 89.0 cm³/mol. The highest BCUT2D eigenvalue weighted by atomic mass is 32.2. The highest BCUT2D eigenvalue weighted by Gasteiger charge is 2.55. The van der Waals surface area contributed by atoms with Crippen LogP contribution in [0.4, 0.5) is 4.79 Å². The van der Waals surface area contributed by atoms with Gasteiger partial charge in [0, 0.05) is 19.6 Å². The van der Waals surface area contributed by atoms with Gasteiger partial charge in [-0.25, -0.2) is 18.4 Å². The molecule has 9 heteroatoms. The van der Waals surface area contributed by atoms with Crippen molar-refractivity contribution >= 4 is 22.0 Å². The van der Waals surface area contributed by atoms with E-state index in [-0.39, 0.29) is 29.9 Å². The van der Waals surface area contributed by atoms with Gasteiger partial charge in [0.15, 0.2) is 0 Å². The minimum Gasteiger partial charge on any atom is -0.481 e. The van der Waals surface area contributed by atoms with E-state index in [0.717, 1.165) is 12.8 Å². The molecular formula is C16H21N3O5S. The molecule has 0 radical (unpaired) electrons. The van der Waals surface area contributed by atoms with Crippen LogP contribution in [0.15, 0.2) is 29.2 Å². The van der Waals surface area contributed by atoms with Crippen LogP contribution < -0.4 is 10.5 Å². The van der Waals surface area contributed by atoms with E-state index in [9.17, 15) is 23.1 Å². The van der Waals surface area contributed by atoms with Crippen LogP contribution in [-0.4, -0.2) is 43.5 Å². The summed E-state index contributed by atoms with van der Waals surface area (Å²) in [5.41, 5.74) is -0.443. The number of carboxylic acid groups (broad SMARTS) is 1. The number of primary sulfonamides is 1. The molecule has 1 saturated heterocycles. The number of carboxylic acids is 1. The third kappa shape index (κ3) is 3.21. The molecule has 8 nitrogen and oxygen atoms in total. The minimum atomic E-state index is -3.88. The second-order valence-corrected chi connectivity index (χ2v) is 8.27. The lowest BCUT2D eigenvalue weighted by atomic mass is 9.81. The molecule has 0 spiro atoms. The number of carbonyl (C=O) groups is 2. The van der Waals surface area contributed by atoms with Gasteiger partial charge in [-0.3, -0.25) is 4.79 Å². The van der Waals surface area contributed by atoms with Gasteiger partial charge in [-0.15, -0.1) is 0 Å². The quantitative estimate of drug-likeness (QED) is 0.722. The van der Waals surface area contributed by atoms with Crippen LogP contribution in [0.5, 0.6) is 0 Å². The molecule has 1 heterocycles. The maximum absolute atomic E-state index is 12.4. The van der Waals surface area contributed by atoms with E-state index in [1.54, 1.807) is 18.2 Å². The fraction of sp³-hybridized carbons (Fsp3) is 0.500. The Kier molecular flexibility index (Phi) is 4.46. The van der Waals surface area contributed by atoms with Gasteiger partial charge < -0.3 is 15.3 Å². The van der Waals surface area contributed by atoms with Crippen LogP contribution in [0.3, 0.4) is 0 Å². The third-order valence-electron chi connectivity index (χ3n) is 5.29. The maximum atomic E-state index is 12.4. The zero-order valence-corrected chi connectivity index (χ0v) is 14.5. The number of nitrogens with two attached hydrogens (primary N) is 1. The Hall–Kier alpha value is -2.13. The van der Waals surface area contributed by atoms with Crippen LogP contribution >= 0.6 is 0 Å². The fourth-order valence-electron chi connectivity index (χ4n) is 4.00. The first-order valence-electron chi connectivity index (χ1n) is 8.11. The van der Waals surface area contributed by atoms with Crippen LogP contribution in [0.25, 0.3) is 0 Å². The number of aliphatic carboxylic acids is 1. The summed E-state index contributed by atoms with van der Waals surface area (Å²) in [5.74, 6) is -0.864. The number of nitrogens with one attached hydrogen (secondary N) is 1. The molecule has 1 aromatic carbocycles. The van der Waals surface area contributed by atoms with Crippen molar-refractivity contribution < 1.29 is 23.1 Å². The first-order valence-corrected chi connectivity index (χ1v) is 9.65. The van der Waals surface area contributed by atoms with E-state index in [0.29, 0.717) is 18.5 Å². The molecule has 0 aromatic heterocycles. The van der Waals surface area contributed by atoms with Crippen molar-refractivity contribution in [3.8, 4) is 0 Å². The summed E-state index contributed by atoms with van der Waals surface area (Å²) >= 11 is 0. The van der Waals surface area contributed by atoms with Crippen LogP contribution in [0.1, 0.15) is 24.8 Å². The first kappa shape index (κ1) is 17.7. The molecule has 0 unspecified atom stereocenters. The highest BCUT2D eigenvalue weighted by Crippen LogP contribution is 2.48. The predicted octanol–water partition coefficient (Wildman–Crippen LogP) is 0.730. The summed E-state index contributed by atoms with van der Waals surface area (Å²) in [6, 6.07) is 5.80. The number of benzene rings is 1. The van der Waals surface area contributed by atoms with Gasteiger partial charge in [0.05, 0.1) is 10.3 Å². The van der Waals surface area contributed by atoms with Crippen LogP contribution in [-0.2, 0) is 21.4 Å². The first-order chi connectivity index (χ1) is 11.7. The van der Waals surface area contributed by atoms with Crippen molar-refractivity contribution in [3.05, 3.63) is 29.8 Å². The molecule has 2 amide bonds. The molecule has 1 saturated carbocycles. The second-order valence-electron chi connectivity index (χ2n) is 6.74. The summed E-state index contributed by atoms with van der Waals surface area (Å²) in [6.07, 6.45) is 2.27. The number of urea groups is 1. The van der Waals surface area contributed by atoms with Gasteiger partial charge in [-0.05, 0) is 30.4 Å². The lowest BCUT2D eigenvalue weighted by molar-refractivity contribution is -0.149. The topological polar surface area (TPSA) is 130 Å².